The monoisotopic (exact) mass is 278 g/mol. The molecule has 0 unspecified atom stereocenters. The van der Waals surface area contributed by atoms with Crippen LogP contribution in [0.15, 0.2) is 6.20 Å². The number of carbonyl (C=O) groups excluding carboxylic acids is 1. The SMILES string of the molecule is CCOC(=O)c1cnc(C2(OC)CCCCC2)nc1C. The van der Waals surface area contributed by atoms with Crippen LogP contribution in [0.2, 0.25) is 0 Å². The molecule has 1 aromatic heterocycles. The minimum atomic E-state index is -0.393. The number of hydrogen-bond donors (Lipinski definition) is 0. The number of hydrogen-bond acceptors (Lipinski definition) is 5. The van der Waals surface area contributed by atoms with Gasteiger partial charge in [0, 0.05) is 13.3 Å². The van der Waals surface area contributed by atoms with Crippen LogP contribution in [-0.2, 0) is 15.1 Å². The molecule has 110 valence electrons. The maximum Gasteiger partial charge on any atom is 0.341 e. The molecule has 1 aromatic rings. The highest BCUT2D eigenvalue weighted by molar-refractivity contribution is 5.90. The Hall–Kier alpha value is -1.49. The highest BCUT2D eigenvalue weighted by atomic mass is 16.5. The van der Waals surface area contributed by atoms with Crippen molar-refractivity contribution in [1.29, 1.82) is 0 Å². The zero-order valence-electron chi connectivity index (χ0n) is 12.4. The first-order valence-corrected chi connectivity index (χ1v) is 7.19. The zero-order chi connectivity index (χ0) is 14.6. The molecule has 0 saturated heterocycles. The average Bonchev–Trinajstić information content (AvgIpc) is 2.48. The van der Waals surface area contributed by atoms with Crippen molar-refractivity contribution in [3.05, 3.63) is 23.3 Å². The first-order valence-electron chi connectivity index (χ1n) is 7.19. The molecular formula is C15H22N2O3. The summed E-state index contributed by atoms with van der Waals surface area (Å²) in [5.74, 6) is 0.317. The minimum absolute atomic E-state index is 0.349. The van der Waals surface area contributed by atoms with E-state index in [-0.39, 0.29) is 5.97 Å². The first-order chi connectivity index (χ1) is 9.63. The summed E-state index contributed by atoms with van der Waals surface area (Å²) in [6.45, 7) is 3.94. The van der Waals surface area contributed by atoms with Crippen molar-refractivity contribution in [2.75, 3.05) is 13.7 Å². The Morgan fingerprint density at radius 2 is 2.05 bits per heavy atom. The fourth-order valence-corrected chi connectivity index (χ4v) is 2.74. The molecule has 0 N–H and O–H groups in total. The van der Waals surface area contributed by atoms with Crippen LogP contribution in [-0.4, -0.2) is 29.7 Å². The van der Waals surface area contributed by atoms with Crippen LogP contribution >= 0.6 is 0 Å². The van der Waals surface area contributed by atoms with Gasteiger partial charge in [0.2, 0.25) is 0 Å². The molecule has 20 heavy (non-hydrogen) atoms. The van der Waals surface area contributed by atoms with Gasteiger partial charge in [-0.3, -0.25) is 0 Å². The summed E-state index contributed by atoms with van der Waals surface area (Å²) in [6, 6.07) is 0. The van der Waals surface area contributed by atoms with E-state index in [0.29, 0.717) is 23.7 Å². The molecule has 0 atom stereocenters. The van der Waals surface area contributed by atoms with E-state index in [1.165, 1.54) is 6.42 Å². The Bertz CT molecular complexity index is 482. The van der Waals surface area contributed by atoms with Gasteiger partial charge in [-0.05, 0) is 26.7 Å². The lowest BCUT2D eigenvalue weighted by Crippen LogP contribution is -2.33. The largest absolute Gasteiger partial charge is 0.462 e. The number of nitrogens with zero attached hydrogens (tertiary/aromatic N) is 2. The predicted octanol–water partition coefficient (Wildman–Crippen LogP) is 2.77. The van der Waals surface area contributed by atoms with Crippen LogP contribution in [0.5, 0.6) is 0 Å². The van der Waals surface area contributed by atoms with Gasteiger partial charge in [0.15, 0.2) is 5.82 Å². The van der Waals surface area contributed by atoms with E-state index in [1.54, 1.807) is 20.2 Å². The minimum Gasteiger partial charge on any atom is -0.462 e. The third-order valence-electron chi connectivity index (χ3n) is 3.93. The summed E-state index contributed by atoms with van der Waals surface area (Å²) in [6.07, 6.45) is 6.89. The van der Waals surface area contributed by atoms with Crippen LogP contribution < -0.4 is 0 Å². The number of methoxy groups -OCH3 is 1. The van der Waals surface area contributed by atoms with Crippen molar-refractivity contribution in [2.45, 2.75) is 51.6 Å². The second-order valence-electron chi connectivity index (χ2n) is 5.17. The molecular weight excluding hydrogens is 256 g/mol. The third-order valence-corrected chi connectivity index (χ3v) is 3.93. The van der Waals surface area contributed by atoms with E-state index in [0.717, 1.165) is 25.7 Å². The molecule has 0 aliphatic heterocycles. The summed E-state index contributed by atoms with van der Waals surface area (Å²) >= 11 is 0. The van der Waals surface area contributed by atoms with E-state index in [4.69, 9.17) is 9.47 Å². The van der Waals surface area contributed by atoms with Crippen LogP contribution in [0.3, 0.4) is 0 Å². The summed E-state index contributed by atoms with van der Waals surface area (Å²) in [7, 11) is 1.71. The molecule has 1 fully saturated rings. The molecule has 5 heteroatoms. The van der Waals surface area contributed by atoms with Crippen LogP contribution in [0.1, 0.15) is 60.9 Å². The van der Waals surface area contributed by atoms with E-state index in [1.807, 2.05) is 6.92 Å². The second-order valence-corrected chi connectivity index (χ2v) is 5.17. The summed E-state index contributed by atoms with van der Waals surface area (Å²) < 4.78 is 10.7. The van der Waals surface area contributed by atoms with E-state index in [2.05, 4.69) is 9.97 Å². The van der Waals surface area contributed by atoms with Gasteiger partial charge in [0.1, 0.15) is 5.60 Å². The van der Waals surface area contributed by atoms with E-state index >= 15 is 0 Å². The predicted molar refractivity (Wildman–Crippen MR) is 74.5 cm³/mol. The molecule has 5 nitrogen and oxygen atoms in total. The van der Waals surface area contributed by atoms with Crippen LogP contribution in [0, 0.1) is 6.92 Å². The van der Waals surface area contributed by atoms with Crippen molar-refractivity contribution in [3.63, 3.8) is 0 Å². The second kappa shape index (κ2) is 6.31. The Labute approximate surface area is 119 Å². The van der Waals surface area contributed by atoms with Crippen molar-refractivity contribution in [3.8, 4) is 0 Å². The number of carbonyl (C=O) groups is 1. The topological polar surface area (TPSA) is 61.3 Å². The molecule has 0 amide bonds. The van der Waals surface area contributed by atoms with Crippen molar-refractivity contribution < 1.29 is 14.3 Å². The van der Waals surface area contributed by atoms with Gasteiger partial charge >= 0.3 is 5.97 Å². The lowest BCUT2D eigenvalue weighted by Gasteiger charge is -2.34. The summed E-state index contributed by atoms with van der Waals surface area (Å²) in [5.41, 5.74) is 0.684. The van der Waals surface area contributed by atoms with E-state index in [9.17, 15) is 4.79 Å². The van der Waals surface area contributed by atoms with Gasteiger partial charge in [-0.2, -0.15) is 0 Å². The van der Waals surface area contributed by atoms with Crippen molar-refractivity contribution in [2.24, 2.45) is 0 Å². The van der Waals surface area contributed by atoms with Crippen molar-refractivity contribution in [1.82, 2.24) is 9.97 Å². The Morgan fingerprint density at radius 3 is 2.60 bits per heavy atom. The van der Waals surface area contributed by atoms with Gasteiger partial charge in [-0.15, -0.1) is 0 Å². The van der Waals surface area contributed by atoms with Gasteiger partial charge in [-0.25, -0.2) is 14.8 Å². The molecule has 1 aliphatic rings. The first kappa shape index (κ1) is 14.9. The molecule has 1 saturated carbocycles. The Balaban J connectivity index is 2.30. The average molecular weight is 278 g/mol. The van der Waals surface area contributed by atoms with Gasteiger partial charge in [0.05, 0.1) is 17.9 Å². The van der Waals surface area contributed by atoms with Gasteiger partial charge in [0.25, 0.3) is 0 Å². The lowest BCUT2D eigenvalue weighted by atomic mass is 9.84. The van der Waals surface area contributed by atoms with Gasteiger partial charge in [-0.1, -0.05) is 19.3 Å². The van der Waals surface area contributed by atoms with E-state index < -0.39 is 5.60 Å². The molecule has 2 rings (SSSR count). The maximum atomic E-state index is 11.8. The quantitative estimate of drug-likeness (QED) is 0.792. The standard InChI is InChI=1S/C15H22N2O3/c1-4-20-13(18)12-10-16-14(17-11(12)2)15(19-3)8-6-5-7-9-15/h10H,4-9H2,1-3H3. The number of aromatic nitrogens is 2. The fourth-order valence-electron chi connectivity index (χ4n) is 2.74. The number of ether oxygens (including phenoxy) is 2. The number of aryl methyl sites for hydroxylation is 1. The Morgan fingerprint density at radius 1 is 1.35 bits per heavy atom. The normalized spacial score (nSPS) is 17.8. The molecule has 1 aliphatic carbocycles. The summed E-state index contributed by atoms with van der Waals surface area (Å²) in [5, 5.41) is 0. The molecule has 1 heterocycles. The highest BCUT2D eigenvalue weighted by Crippen LogP contribution is 2.38. The smallest absolute Gasteiger partial charge is 0.341 e. The lowest BCUT2D eigenvalue weighted by molar-refractivity contribution is -0.0516. The molecule has 0 bridgehead atoms. The number of esters is 1. The van der Waals surface area contributed by atoms with Crippen LogP contribution in [0.25, 0.3) is 0 Å². The van der Waals surface area contributed by atoms with Crippen molar-refractivity contribution >= 4 is 5.97 Å². The molecule has 0 aromatic carbocycles. The fraction of sp³-hybridized carbons (Fsp3) is 0.667. The highest BCUT2D eigenvalue weighted by Gasteiger charge is 2.37. The zero-order valence-corrected chi connectivity index (χ0v) is 12.4. The third kappa shape index (κ3) is 2.82. The molecule has 0 spiro atoms. The maximum absolute atomic E-state index is 11.8. The summed E-state index contributed by atoms with van der Waals surface area (Å²) in [4.78, 5) is 20.6. The van der Waals surface area contributed by atoms with Gasteiger partial charge < -0.3 is 9.47 Å². The van der Waals surface area contributed by atoms with Crippen LogP contribution in [0.4, 0.5) is 0 Å². The Kier molecular flexibility index (Phi) is 4.70. The number of rotatable bonds is 4. The molecule has 0 radical (unpaired) electrons.